The van der Waals surface area contributed by atoms with E-state index in [0.717, 1.165) is 19.3 Å². The summed E-state index contributed by atoms with van der Waals surface area (Å²) >= 11 is 0. The lowest BCUT2D eigenvalue weighted by Gasteiger charge is -2.25. The first-order valence-corrected chi connectivity index (χ1v) is 8.50. The maximum absolute atomic E-state index is 12.4. The van der Waals surface area contributed by atoms with Crippen molar-refractivity contribution in [2.45, 2.75) is 25.2 Å². The molecule has 1 atom stereocenters. The Morgan fingerprint density at radius 3 is 2.84 bits per heavy atom. The Morgan fingerprint density at radius 2 is 2.00 bits per heavy atom. The number of carbonyl (C=O) groups is 2. The maximum Gasteiger partial charge on any atom is 0.255 e. The van der Waals surface area contributed by atoms with Gasteiger partial charge in [0.15, 0.2) is 6.61 Å². The number of nitrogens with two attached hydrogens (primary N) is 1. The standard InChI is InChI=1S/C20H22N2O3/c21-19(23)13-25-17-9-4-7-15(11-17)20(24)22-12-16-8-3-6-14-5-1-2-10-18(14)16/h1-2,4-5,7,9-11,16H,3,6,8,12-13H2,(H2,21,23)(H,22,24). The van der Waals surface area contributed by atoms with Crippen LogP contribution in [0.25, 0.3) is 0 Å². The second kappa shape index (κ2) is 7.83. The van der Waals surface area contributed by atoms with Crippen molar-refractivity contribution in [2.24, 2.45) is 5.73 Å². The molecule has 2 aromatic carbocycles. The molecule has 0 heterocycles. The zero-order valence-corrected chi connectivity index (χ0v) is 14.0. The second-order valence-electron chi connectivity index (χ2n) is 6.28. The van der Waals surface area contributed by atoms with Gasteiger partial charge in [-0.2, -0.15) is 0 Å². The minimum atomic E-state index is -0.550. The number of hydrogen-bond acceptors (Lipinski definition) is 3. The van der Waals surface area contributed by atoms with Crippen molar-refractivity contribution in [1.82, 2.24) is 5.32 Å². The lowest BCUT2D eigenvalue weighted by Crippen LogP contribution is -2.30. The van der Waals surface area contributed by atoms with Crippen LogP contribution < -0.4 is 15.8 Å². The van der Waals surface area contributed by atoms with E-state index in [2.05, 4.69) is 29.6 Å². The smallest absolute Gasteiger partial charge is 0.255 e. The van der Waals surface area contributed by atoms with Gasteiger partial charge in [0.05, 0.1) is 0 Å². The van der Waals surface area contributed by atoms with Gasteiger partial charge in [0, 0.05) is 18.0 Å². The van der Waals surface area contributed by atoms with Gasteiger partial charge < -0.3 is 15.8 Å². The highest BCUT2D eigenvalue weighted by molar-refractivity contribution is 5.94. The number of fused-ring (bicyclic) bond motifs is 1. The Morgan fingerprint density at radius 1 is 1.16 bits per heavy atom. The van der Waals surface area contributed by atoms with E-state index in [0.29, 0.717) is 23.8 Å². The molecule has 3 rings (SSSR count). The molecule has 2 amide bonds. The van der Waals surface area contributed by atoms with Crippen LogP contribution in [0.5, 0.6) is 5.75 Å². The Balaban J connectivity index is 1.62. The molecule has 130 valence electrons. The fourth-order valence-corrected chi connectivity index (χ4v) is 3.27. The molecular formula is C20H22N2O3. The molecular weight excluding hydrogens is 316 g/mol. The van der Waals surface area contributed by atoms with E-state index in [1.54, 1.807) is 24.3 Å². The molecule has 0 radical (unpaired) electrons. The molecule has 0 fully saturated rings. The molecule has 0 bridgehead atoms. The third-order valence-corrected chi connectivity index (χ3v) is 4.48. The normalized spacial score (nSPS) is 15.9. The highest BCUT2D eigenvalue weighted by Gasteiger charge is 2.20. The number of rotatable bonds is 6. The van der Waals surface area contributed by atoms with E-state index >= 15 is 0 Å². The molecule has 5 nitrogen and oxygen atoms in total. The molecule has 0 saturated heterocycles. The van der Waals surface area contributed by atoms with Crippen molar-refractivity contribution < 1.29 is 14.3 Å². The Bertz CT molecular complexity index is 773. The molecule has 1 unspecified atom stereocenters. The summed E-state index contributed by atoms with van der Waals surface area (Å²) in [5.41, 5.74) is 8.29. The van der Waals surface area contributed by atoms with Gasteiger partial charge in [0.25, 0.3) is 11.8 Å². The zero-order chi connectivity index (χ0) is 17.6. The van der Waals surface area contributed by atoms with Crippen LogP contribution in [0.15, 0.2) is 48.5 Å². The molecule has 1 aliphatic carbocycles. The van der Waals surface area contributed by atoms with Gasteiger partial charge in [-0.25, -0.2) is 0 Å². The van der Waals surface area contributed by atoms with Gasteiger partial charge in [-0.05, 0) is 48.6 Å². The number of carbonyl (C=O) groups excluding carboxylic acids is 2. The molecule has 0 aromatic heterocycles. The molecule has 5 heteroatoms. The summed E-state index contributed by atoms with van der Waals surface area (Å²) in [7, 11) is 0. The fourth-order valence-electron chi connectivity index (χ4n) is 3.27. The SMILES string of the molecule is NC(=O)COc1cccc(C(=O)NCC2CCCc3ccccc32)c1. The summed E-state index contributed by atoms with van der Waals surface area (Å²) in [6, 6.07) is 15.2. The largest absolute Gasteiger partial charge is 0.484 e. The van der Waals surface area contributed by atoms with Crippen LogP contribution in [-0.2, 0) is 11.2 Å². The number of primary amides is 1. The predicted molar refractivity (Wildman–Crippen MR) is 95.6 cm³/mol. The first kappa shape index (κ1) is 17.0. The van der Waals surface area contributed by atoms with Crippen LogP contribution in [0.4, 0.5) is 0 Å². The van der Waals surface area contributed by atoms with E-state index in [4.69, 9.17) is 10.5 Å². The third kappa shape index (κ3) is 4.38. The monoisotopic (exact) mass is 338 g/mol. The van der Waals surface area contributed by atoms with Crippen LogP contribution >= 0.6 is 0 Å². The van der Waals surface area contributed by atoms with Crippen LogP contribution in [0, 0.1) is 0 Å². The van der Waals surface area contributed by atoms with E-state index in [-0.39, 0.29) is 12.5 Å². The van der Waals surface area contributed by atoms with Gasteiger partial charge in [0.2, 0.25) is 0 Å². The molecule has 25 heavy (non-hydrogen) atoms. The van der Waals surface area contributed by atoms with E-state index < -0.39 is 5.91 Å². The maximum atomic E-state index is 12.4. The second-order valence-corrected chi connectivity index (χ2v) is 6.28. The van der Waals surface area contributed by atoms with Gasteiger partial charge in [-0.3, -0.25) is 9.59 Å². The summed E-state index contributed by atoms with van der Waals surface area (Å²) in [4.78, 5) is 23.2. The van der Waals surface area contributed by atoms with Crippen LogP contribution in [0.3, 0.4) is 0 Å². The van der Waals surface area contributed by atoms with Crippen molar-refractivity contribution in [3.63, 3.8) is 0 Å². The van der Waals surface area contributed by atoms with E-state index in [1.807, 2.05) is 0 Å². The highest BCUT2D eigenvalue weighted by atomic mass is 16.5. The fraction of sp³-hybridized carbons (Fsp3) is 0.300. The van der Waals surface area contributed by atoms with Crippen LogP contribution in [-0.4, -0.2) is 25.0 Å². The molecule has 3 N–H and O–H groups in total. The van der Waals surface area contributed by atoms with E-state index in [1.165, 1.54) is 11.1 Å². The molecule has 0 spiro atoms. The average Bonchev–Trinajstić information content (AvgIpc) is 2.64. The number of aryl methyl sites for hydroxylation is 1. The van der Waals surface area contributed by atoms with Gasteiger partial charge in [-0.1, -0.05) is 30.3 Å². The molecule has 0 aliphatic heterocycles. The third-order valence-electron chi connectivity index (χ3n) is 4.48. The first-order chi connectivity index (χ1) is 12.1. The lowest BCUT2D eigenvalue weighted by molar-refractivity contribution is -0.119. The molecule has 2 aromatic rings. The Labute approximate surface area is 147 Å². The summed E-state index contributed by atoms with van der Waals surface area (Å²) < 4.78 is 5.24. The van der Waals surface area contributed by atoms with Crippen molar-refractivity contribution in [1.29, 1.82) is 0 Å². The molecule has 0 saturated carbocycles. The summed E-state index contributed by atoms with van der Waals surface area (Å²) in [6.07, 6.45) is 3.34. The van der Waals surface area contributed by atoms with E-state index in [9.17, 15) is 9.59 Å². The first-order valence-electron chi connectivity index (χ1n) is 8.50. The summed E-state index contributed by atoms with van der Waals surface area (Å²) in [6.45, 7) is 0.409. The lowest BCUT2D eigenvalue weighted by atomic mass is 9.83. The number of amides is 2. The van der Waals surface area contributed by atoms with Crippen molar-refractivity contribution >= 4 is 11.8 Å². The number of ether oxygens (including phenoxy) is 1. The topological polar surface area (TPSA) is 81.4 Å². The van der Waals surface area contributed by atoms with Gasteiger partial charge in [-0.15, -0.1) is 0 Å². The Hall–Kier alpha value is -2.82. The number of hydrogen-bond donors (Lipinski definition) is 2. The zero-order valence-electron chi connectivity index (χ0n) is 14.0. The quantitative estimate of drug-likeness (QED) is 0.848. The predicted octanol–water partition coefficient (Wildman–Crippen LogP) is 2.40. The van der Waals surface area contributed by atoms with Crippen LogP contribution in [0.2, 0.25) is 0 Å². The number of benzene rings is 2. The minimum absolute atomic E-state index is 0.146. The summed E-state index contributed by atoms with van der Waals surface area (Å²) in [5.74, 6) is 0.107. The van der Waals surface area contributed by atoms with Gasteiger partial charge >= 0.3 is 0 Å². The average molecular weight is 338 g/mol. The van der Waals surface area contributed by atoms with Crippen molar-refractivity contribution in [3.8, 4) is 5.75 Å². The molecule has 1 aliphatic rings. The highest BCUT2D eigenvalue weighted by Crippen LogP contribution is 2.30. The minimum Gasteiger partial charge on any atom is -0.484 e. The van der Waals surface area contributed by atoms with Crippen molar-refractivity contribution in [2.75, 3.05) is 13.2 Å². The van der Waals surface area contributed by atoms with Crippen LogP contribution in [0.1, 0.15) is 40.2 Å². The number of nitrogens with one attached hydrogen (secondary N) is 1. The summed E-state index contributed by atoms with van der Waals surface area (Å²) in [5, 5.41) is 3.02. The van der Waals surface area contributed by atoms with Crippen molar-refractivity contribution in [3.05, 3.63) is 65.2 Å². The van der Waals surface area contributed by atoms with Gasteiger partial charge in [0.1, 0.15) is 5.75 Å². The Kier molecular flexibility index (Phi) is 5.33.